The van der Waals surface area contributed by atoms with E-state index in [1.54, 1.807) is 4.90 Å². The summed E-state index contributed by atoms with van der Waals surface area (Å²) in [6.45, 7) is 2.29. The van der Waals surface area contributed by atoms with Gasteiger partial charge in [0.1, 0.15) is 0 Å². The molecule has 0 spiro atoms. The Morgan fingerprint density at radius 3 is 2.59 bits per heavy atom. The standard InChI is InChI=1S/C17H18N2O2S/c20-16-8-9-18(17(21)15-7-4-12-22-15)10-11-19(16)13-14-5-2-1-3-6-14/h1-7,12H,8-11,13H2. The van der Waals surface area contributed by atoms with Crippen molar-refractivity contribution >= 4 is 23.2 Å². The fourth-order valence-corrected chi connectivity index (χ4v) is 3.29. The Morgan fingerprint density at radius 2 is 1.86 bits per heavy atom. The number of carbonyl (C=O) groups is 2. The topological polar surface area (TPSA) is 40.6 Å². The van der Waals surface area contributed by atoms with Crippen LogP contribution in [0.1, 0.15) is 21.7 Å². The van der Waals surface area contributed by atoms with E-state index in [1.807, 2.05) is 52.7 Å². The lowest BCUT2D eigenvalue weighted by molar-refractivity contribution is -0.130. The van der Waals surface area contributed by atoms with Crippen LogP contribution < -0.4 is 0 Å². The van der Waals surface area contributed by atoms with Gasteiger partial charge in [0.15, 0.2) is 0 Å². The molecular weight excluding hydrogens is 296 g/mol. The Bertz CT molecular complexity index is 640. The number of nitrogens with zero attached hydrogens (tertiary/aromatic N) is 2. The third-order valence-corrected chi connectivity index (χ3v) is 4.68. The first-order valence-electron chi connectivity index (χ1n) is 7.38. The van der Waals surface area contributed by atoms with Gasteiger partial charge >= 0.3 is 0 Å². The molecule has 1 saturated heterocycles. The van der Waals surface area contributed by atoms with E-state index < -0.39 is 0 Å². The fourth-order valence-electron chi connectivity index (χ4n) is 2.60. The first-order chi connectivity index (χ1) is 10.7. The van der Waals surface area contributed by atoms with Crippen molar-refractivity contribution in [2.45, 2.75) is 13.0 Å². The van der Waals surface area contributed by atoms with Crippen LogP contribution in [0.15, 0.2) is 47.8 Å². The van der Waals surface area contributed by atoms with Crippen LogP contribution in [0.5, 0.6) is 0 Å². The summed E-state index contributed by atoms with van der Waals surface area (Å²) in [6, 6.07) is 13.7. The molecule has 0 N–H and O–H groups in total. The molecule has 0 radical (unpaired) electrons. The first kappa shape index (κ1) is 14.8. The summed E-state index contributed by atoms with van der Waals surface area (Å²) in [4.78, 5) is 29.0. The van der Waals surface area contributed by atoms with Crippen molar-refractivity contribution in [2.75, 3.05) is 19.6 Å². The average Bonchev–Trinajstić information content (AvgIpc) is 3.02. The van der Waals surface area contributed by atoms with Crippen molar-refractivity contribution in [2.24, 2.45) is 0 Å². The molecule has 0 unspecified atom stereocenters. The smallest absolute Gasteiger partial charge is 0.263 e. The Kier molecular flexibility index (Phi) is 4.53. The van der Waals surface area contributed by atoms with Crippen LogP contribution in [0.3, 0.4) is 0 Å². The van der Waals surface area contributed by atoms with Crippen LogP contribution in [-0.2, 0) is 11.3 Å². The predicted molar refractivity (Wildman–Crippen MR) is 86.7 cm³/mol. The van der Waals surface area contributed by atoms with E-state index >= 15 is 0 Å². The van der Waals surface area contributed by atoms with Gasteiger partial charge in [-0.15, -0.1) is 11.3 Å². The van der Waals surface area contributed by atoms with Crippen molar-refractivity contribution in [3.8, 4) is 0 Å². The van der Waals surface area contributed by atoms with Crippen molar-refractivity contribution in [1.82, 2.24) is 9.80 Å². The molecule has 0 bridgehead atoms. The van der Waals surface area contributed by atoms with Gasteiger partial charge in [-0.05, 0) is 17.0 Å². The molecule has 4 nitrogen and oxygen atoms in total. The van der Waals surface area contributed by atoms with Crippen molar-refractivity contribution in [3.63, 3.8) is 0 Å². The lowest BCUT2D eigenvalue weighted by Gasteiger charge is -2.22. The van der Waals surface area contributed by atoms with Crippen molar-refractivity contribution < 1.29 is 9.59 Å². The Morgan fingerprint density at radius 1 is 1.05 bits per heavy atom. The Labute approximate surface area is 134 Å². The molecule has 2 aromatic rings. The number of hydrogen-bond acceptors (Lipinski definition) is 3. The molecule has 0 atom stereocenters. The van der Waals surface area contributed by atoms with Crippen LogP contribution in [0.25, 0.3) is 0 Å². The van der Waals surface area contributed by atoms with E-state index in [9.17, 15) is 9.59 Å². The summed E-state index contributed by atoms with van der Waals surface area (Å²) in [5, 5.41) is 1.90. The molecule has 1 fully saturated rings. The van der Waals surface area contributed by atoms with Gasteiger partial charge in [-0.2, -0.15) is 0 Å². The van der Waals surface area contributed by atoms with Gasteiger partial charge in [0.05, 0.1) is 4.88 Å². The van der Waals surface area contributed by atoms with Crippen LogP contribution in [0.4, 0.5) is 0 Å². The fraction of sp³-hybridized carbons (Fsp3) is 0.294. The minimum absolute atomic E-state index is 0.0318. The number of thiophene rings is 1. The van der Waals surface area contributed by atoms with Gasteiger partial charge in [0, 0.05) is 32.6 Å². The molecule has 114 valence electrons. The minimum Gasteiger partial charge on any atom is -0.337 e. The lowest BCUT2D eigenvalue weighted by Crippen LogP contribution is -2.35. The molecule has 1 aliphatic rings. The third-order valence-electron chi connectivity index (χ3n) is 3.82. The number of benzene rings is 1. The lowest BCUT2D eigenvalue weighted by atomic mass is 10.2. The van der Waals surface area contributed by atoms with Crippen molar-refractivity contribution in [3.05, 3.63) is 58.3 Å². The average molecular weight is 314 g/mol. The molecule has 22 heavy (non-hydrogen) atoms. The molecule has 1 aromatic carbocycles. The number of amides is 2. The molecule has 2 heterocycles. The summed E-state index contributed by atoms with van der Waals surface area (Å²) in [7, 11) is 0. The summed E-state index contributed by atoms with van der Waals surface area (Å²) in [5.41, 5.74) is 1.12. The van der Waals surface area contributed by atoms with Gasteiger partial charge in [-0.3, -0.25) is 9.59 Å². The molecule has 5 heteroatoms. The predicted octanol–water partition coefficient (Wildman–Crippen LogP) is 2.62. The highest BCUT2D eigenvalue weighted by Gasteiger charge is 2.24. The molecule has 3 rings (SSSR count). The maximum atomic E-state index is 12.4. The highest BCUT2D eigenvalue weighted by atomic mass is 32.1. The largest absolute Gasteiger partial charge is 0.337 e. The zero-order valence-electron chi connectivity index (χ0n) is 12.3. The second kappa shape index (κ2) is 6.75. The summed E-state index contributed by atoms with van der Waals surface area (Å²) < 4.78 is 0. The third kappa shape index (κ3) is 3.36. The molecule has 1 aromatic heterocycles. The highest BCUT2D eigenvalue weighted by molar-refractivity contribution is 7.12. The summed E-state index contributed by atoms with van der Waals surface area (Å²) in [5.74, 6) is 0.148. The molecule has 2 amide bonds. The molecule has 0 saturated carbocycles. The number of hydrogen-bond donors (Lipinski definition) is 0. The summed E-state index contributed by atoms with van der Waals surface area (Å²) in [6.07, 6.45) is 0.393. The maximum absolute atomic E-state index is 12.4. The van der Waals surface area contributed by atoms with E-state index in [0.29, 0.717) is 32.6 Å². The molecule has 0 aliphatic carbocycles. The second-order valence-corrected chi connectivity index (χ2v) is 6.27. The monoisotopic (exact) mass is 314 g/mol. The van der Waals surface area contributed by atoms with Gasteiger partial charge in [-0.25, -0.2) is 0 Å². The minimum atomic E-state index is 0.0318. The zero-order chi connectivity index (χ0) is 15.4. The quantitative estimate of drug-likeness (QED) is 0.874. The second-order valence-electron chi connectivity index (χ2n) is 5.32. The molecular formula is C17H18N2O2S. The van der Waals surface area contributed by atoms with E-state index in [0.717, 1.165) is 10.4 Å². The summed E-state index contributed by atoms with van der Waals surface area (Å²) >= 11 is 1.45. The SMILES string of the molecule is O=C1CCN(C(=O)c2cccs2)CCN1Cc1ccccc1. The van der Waals surface area contributed by atoms with Crippen LogP contribution in [-0.4, -0.2) is 41.2 Å². The molecule has 1 aliphatic heterocycles. The normalized spacial score (nSPS) is 15.7. The first-order valence-corrected chi connectivity index (χ1v) is 8.26. The Balaban J connectivity index is 1.65. The zero-order valence-corrected chi connectivity index (χ0v) is 13.1. The van der Waals surface area contributed by atoms with E-state index in [1.165, 1.54) is 11.3 Å². The van der Waals surface area contributed by atoms with Crippen LogP contribution in [0.2, 0.25) is 0 Å². The van der Waals surface area contributed by atoms with Gasteiger partial charge in [0.25, 0.3) is 5.91 Å². The van der Waals surface area contributed by atoms with E-state index in [4.69, 9.17) is 0 Å². The number of rotatable bonds is 3. The van der Waals surface area contributed by atoms with E-state index in [-0.39, 0.29) is 11.8 Å². The van der Waals surface area contributed by atoms with E-state index in [2.05, 4.69) is 0 Å². The van der Waals surface area contributed by atoms with Gasteiger partial charge < -0.3 is 9.80 Å². The maximum Gasteiger partial charge on any atom is 0.263 e. The highest BCUT2D eigenvalue weighted by Crippen LogP contribution is 2.15. The number of carbonyl (C=O) groups excluding carboxylic acids is 2. The van der Waals surface area contributed by atoms with Crippen LogP contribution >= 0.6 is 11.3 Å². The van der Waals surface area contributed by atoms with Gasteiger partial charge in [-0.1, -0.05) is 36.4 Å². The Hall–Kier alpha value is -2.14. The van der Waals surface area contributed by atoms with Gasteiger partial charge in [0.2, 0.25) is 5.91 Å². The van der Waals surface area contributed by atoms with Crippen molar-refractivity contribution in [1.29, 1.82) is 0 Å². The van der Waals surface area contributed by atoms with Crippen LogP contribution in [0, 0.1) is 0 Å².